The molecule has 1 aliphatic rings. The second-order valence-electron chi connectivity index (χ2n) is 5.10. The first kappa shape index (κ1) is 22.5. The van der Waals surface area contributed by atoms with Crippen LogP contribution in [-0.2, 0) is 6.18 Å². The van der Waals surface area contributed by atoms with Crippen LogP contribution in [-0.4, -0.2) is 31.1 Å². The molecular weight excluding hydrogens is 372 g/mol. The first-order chi connectivity index (χ1) is 9.91. The third-order valence-electron chi connectivity index (χ3n) is 3.61. The molecule has 0 spiro atoms. The van der Waals surface area contributed by atoms with Crippen LogP contribution in [0, 0.1) is 0 Å². The standard InChI is InChI=1S/C15H18ClF3N2.2ClH/c1-2-3-14(21-6-4-20-5-7-21)11-8-12(15(17,18)19)10-13(16)9-11;;/h2,8-10,14,20H,1,3-7H2;2*1H/t14-;;/m1../s1. The van der Waals surface area contributed by atoms with E-state index in [4.69, 9.17) is 11.6 Å². The molecule has 1 heterocycles. The van der Waals surface area contributed by atoms with Gasteiger partial charge in [0.15, 0.2) is 0 Å². The van der Waals surface area contributed by atoms with Gasteiger partial charge in [0.25, 0.3) is 0 Å². The van der Waals surface area contributed by atoms with E-state index in [9.17, 15) is 13.2 Å². The van der Waals surface area contributed by atoms with E-state index in [0.29, 0.717) is 12.0 Å². The summed E-state index contributed by atoms with van der Waals surface area (Å²) in [5.41, 5.74) is -0.106. The molecule has 0 amide bonds. The lowest BCUT2D eigenvalue weighted by Gasteiger charge is -2.35. The Balaban J connectivity index is 0.00000242. The lowest BCUT2D eigenvalue weighted by atomic mass is 9.99. The smallest absolute Gasteiger partial charge is 0.314 e. The average Bonchev–Trinajstić information content (AvgIpc) is 2.44. The highest BCUT2D eigenvalue weighted by Gasteiger charge is 2.32. The van der Waals surface area contributed by atoms with Crippen LogP contribution < -0.4 is 5.32 Å². The molecule has 0 aliphatic carbocycles. The molecule has 1 aliphatic heterocycles. The minimum Gasteiger partial charge on any atom is -0.314 e. The normalized spacial score (nSPS) is 16.9. The van der Waals surface area contributed by atoms with E-state index in [1.165, 1.54) is 6.07 Å². The van der Waals surface area contributed by atoms with Gasteiger partial charge in [0, 0.05) is 37.2 Å². The highest BCUT2D eigenvalue weighted by molar-refractivity contribution is 6.30. The van der Waals surface area contributed by atoms with Gasteiger partial charge >= 0.3 is 6.18 Å². The van der Waals surface area contributed by atoms with Gasteiger partial charge in [-0.15, -0.1) is 31.4 Å². The zero-order valence-electron chi connectivity index (χ0n) is 12.4. The Morgan fingerprint density at radius 1 is 1.22 bits per heavy atom. The van der Waals surface area contributed by atoms with E-state index in [-0.39, 0.29) is 35.9 Å². The van der Waals surface area contributed by atoms with Gasteiger partial charge in [-0.3, -0.25) is 4.90 Å². The van der Waals surface area contributed by atoms with E-state index in [0.717, 1.165) is 32.2 Å². The van der Waals surface area contributed by atoms with E-state index >= 15 is 0 Å². The van der Waals surface area contributed by atoms with E-state index in [2.05, 4.69) is 16.8 Å². The quantitative estimate of drug-likeness (QED) is 0.747. The third-order valence-corrected chi connectivity index (χ3v) is 3.83. The van der Waals surface area contributed by atoms with E-state index < -0.39 is 11.7 Å². The summed E-state index contributed by atoms with van der Waals surface area (Å²) in [5.74, 6) is 0. The molecule has 0 bridgehead atoms. The Morgan fingerprint density at radius 3 is 2.35 bits per heavy atom. The van der Waals surface area contributed by atoms with Gasteiger partial charge in [-0.2, -0.15) is 13.2 Å². The summed E-state index contributed by atoms with van der Waals surface area (Å²) in [4.78, 5) is 2.17. The zero-order chi connectivity index (χ0) is 15.5. The maximum atomic E-state index is 12.9. The molecule has 1 aromatic carbocycles. The number of nitrogens with zero attached hydrogens (tertiary/aromatic N) is 1. The highest BCUT2D eigenvalue weighted by atomic mass is 35.5. The van der Waals surface area contributed by atoms with Crippen LogP contribution in [0.1, 0.15) is 23.6 Å². The van der Waals surface area contributed by atoms with Crippen LogP contribution in [0.3, 0.4) is 0 Å². The first-order valence-corrected chi connectivity index (χ1v) is 7.23. The molecule has 8 heteroatoms. The number of rotatable bonds is 4. The fourth-order valence-electron chi connectivity index (χ4n) is 2.62. The Morgan fingerprint density at radius 2 is 1.83 bits per heavy atom. The van der Waals surface area contributed by atoms with Crippen molar-refractivity contribution in [1.29, 1.82) is 0 Å². The minimum absolute atomic E-state index is 0. The summed E-state index contributed by atoms with van der Waals surface area (Å²) in [7, 11) is 0. The van der Waals surface area contributed by atoms with Crippen LogP contribution in [0.2, 0.25) is 5.02 Å². The summed E-state index contributed by atoms with van der Waals surface area (Å²) < 4.78 is 38.8. The van der Waals surface area contributed by atoms with E-state index in [1.807, 2.05) is 0 Å². The summed E-state index contributed by atoms with van der Waals surface area (Å²) in [6.07, 6.45) is -2.06. The highest BCUT2D eigenvalue weighted by Crippen LogP contribution is 2.35. The van der Waals surface area contributed by atoms with Crippen molar-refractivity contribution in [3.05, 3.63) is 47.0 Å². The number of hydrogen-bond donors (Lipinski definition) is 1. The van der Waals surface area contributed by atoms with E-state index in [1.54, 1.807) is 12.1 Å². The van der Waals surface area contributed by atoms with Gasteiger partial charge in [0.05, 0.1) is 5.56 Å². The van der Waals surface area contributed by atoms with Crippen molar-refractivity contribution >= 4 is 36.4 Å². The molecule has 1 fully saturated rings. The molecule has 132 valence electrons. The molecule has 2 nitrogen and oxygen atoms in total. The number of benzene rings is 1. The average molecular weight is 392 g/mol. The predicted octanol–water partition coefficient (Wildman–Crippen LogP) is 4.72. The molecule has 1 aromatic rings. The van der Waals surface area contributed by atoms with Crippen molar-refractivity contribution in [2.75, 3.05) is 26.2 Å². The SMILES string of the molecule is C=CC[C@H](c1cc(Cl)cc(C(F)(F)F)c1)N1CCNCC1.Cl.Cl. The number of hydrogen-bond acceptors (Lipinski definition) is 2. The molecular formula is C15H20Cl3F3N2. The number of piperazine rings is 1. The topological polar surface area (TPSA) is 15.3 Å². The summed E-state index contributed by atoms with van der Waals surface area (Å²) in [6, 6.07) is 3.66. The van der Waals surface area contributed by atoms with Crippen LogP contribution in [0.4, 0.5) is 13.2 Å². The third kappa shape index (κ3) is 6.16. The number of alkyl halides is 3. The lowest BCUT2D eigenvalue weighted by Crippen LogP contribution is -2.45. The predicted molar refractivity (Wildman–Crippen MR) is 92.9 cm³/mol. The lowest BCUT2D eigenvalue weighted by molar-refractivity contribution is -0.137. The van der Waals surface area contributed by atoms with Crippen molar-refractivity contribution in [2.45, 2.75) is 18.6 Å². The molecule has 1 atom stereocenters. The Labute approximate surface area is 151 Å². The summed E-state index contributed by atoms with van der Waals surface area (Å²) >= 11 is 5.88. The maximum Gasteiger partial charge on any atom is 0.416 e. The monoisotopic (exact) mass is 390 g/mol. The minimum atomic E-state index is -4.39. The van der Waals surface area contributed by atoms with Gasteiger partial charge in [-0.1, -0.05) is 17.7 Å². The fourth-order valence-corrected chi connectivity index (χ4v) is 2.86. The molecule has 0 saturated carbocycles. The van der Waals surface area contributed by atoms with Crippen molar-refractivity contribution in [3.63, 3.8) is 0 Å². The van der Waals surface area contributed by atoms with Crippen LogP contribution >= 0.6 is 36.4 Å². The zero-order valence-corrected chi connectivity index (χ0v) is 14.8. The van der Waals surface area contributed by atoms with Gasteiger partial charge in [-0.25, -0.2) is 0 Å². The Bertz CT molecular complexity index is 503. The molecule has 1 saturated heterocycles. The maximum absolute atomic E-state index is 12.9. The van der Waals surface area contributed by atoms with Gasteiger partial charge in [-0.05, 0) is 30.2 Å². The van der Waals surface area contributed by atoms with Crippen molar-refractivity contribution in [3.8, 4) is 0 Å². The van der Waals surface area contributed by atoms with Crippen molar-refractivity contribution in [2.24, 2.45) is 0 Å². The van der Waals surface area contributed by atoms with Crippen LogP contribution in [0.5, 0.6) is 0 Å². The molecule has 0 aromatic heterocycles. The molecule has 2 rings (SSSR count). The Hall–Kier alpha value is -0.460. The van der Waals surface area contributed by atoms with Crippen LogP contribution in [0.25, 0.3) is 0 Å². The fraction of sp³-hybridized carbons (Fsp3) is 0.467. The first-order valence-electron chi connectivity index (χ1n) is 6.85. The van der Waals surface area contributed by atoms with Gasteiger partial charge < -0.3 is 5.32 Å². The molecule has 0 unspecified atom stereocenters. The second-order valence-corrected chi connectivity index (χ2v) is 5.53. The van der Waals surface area contributed by atoms with Gasteiger partial charge in [0.2, 0.25) is 0 Å². The van der Waals surface area contributed by atoms with Crippen molar-refractivity contribution in [1.82, 2.24) is 10.2 Å². The number of nitrogens with one attached hydrogen (secondary N) is 1. The van der Waals surface area contributed by atoms with Crippen LogP contribution in [0.15, 0.2) is 30.9 Å². The summed E-state index contributed by atoms with van der Waals surface area (Å²) in [6.45, 7) is 6.98. The molecule has 1 N–H and O–H groups in total. The molecule has 0 radical (unpaired) electrons. The van der Waals surface area contributed by atoms with Crippen molar-refractivity contribution < 1.29 is 13.2 Å². The van der Waals surface area contributed by atoms with Gasteiger partial charge in [0.1, 0.15) is 0 Å². The number of halogens is 6. The largest absolute Gasteiger partial charge is 0.416 e. The second kappa shape index (κ2) is 9.74. The summed E-state index contributed by atoms with van der Waals surface area (Å²) in [5, 5.41) is 3.35. The molecule has 23 heavy (non-hydrogen) atoms. The Kier molecular flexibility index (Phi) is 9.55.